The molecule has 33 heavy (non-hydrogen) atoms. The van der Waals surface area contributed by atoms with Crippen LogP contribution >= 0.6 is 39.5 Å². The van der Waals surface area contributed by atoms with Crippen molar-refractivity contribution in [2.75, 3.05) is 17.7 Å². The van der Waals surface area contributed by atoms with Crippen molar-refractivity contribution in [1.29, 1.82) is 0 Å². The lowest BCUT2D eigenvalue weighted by Gasteiger charge is -2.15. The molecule has 0 saturated heterocycles. The number of halogens is 1. The minimum atomic E-state index is -0.405. The number of nitrogens with one attached hydrogen (secondary N) is 3. The van der Waals surface area contributed by atoms with Crippen LogP contribution in [0.5, 0.6) is 5.75 Å². The predicted octanol–water partition coefficient (Wildman–Crippen LogP) is 6.05. The number of benzene rings is 3. The first-order valence-electron chi connectivity index (χ1n) is 9.78. The Morgan fingerprint density at radius 3 is 2.42 bits per heavy atom. The van der Waals surface area contributed by atoms with E-state index in [-0.39, 0.29) is 11.0 Å². The Bertz CT molecular complexity index is 1360. The SMILES string of the molecule is COc1c(C(=O)NC(=S)Nc2cccc(NC(=O)c3cccs3)c2)cc2ccccc2c1Br. The number of carbonyl (C=O) groups excluding carboxylic acids is 2. The number of ether oxygens (including phenoxy) is 1. The van der Waals surface area contributed by atoms with Crippen LogP contribution in [0.2, 0.25) is 0 Å². The lowest BCUT2D eigenvalue weighted by molar-refractivity contribution is 0.0973. The highest BCUT2D eigenvalue weighted by Gasteiger charge is 2.19. The molecule has 6 nitrogen and oxygen atoms in total. The molecule has 0 bridgehead atoms. The van der Waals surface area contributed by atoms with E-state index in [0.717, 1.165) is 10.8 Å². The zero-order valence-electron chi connectivity index (χ0n) is 17.3. The van der Waals surface area contributed by atoms with Gasteiger partial charge in [-0.25, -0.2) is 0 Å². The molecule has 0 fully saturated rings. The van der Waals surface area contributed by atoms with E-state index < -0.39 is 5.91 Å². The van der Waals surface area contributed by atoms with Gasteiger partial charge in [0, 0.05) is 11.4 Å². The first-order chi connectivity index (χ1) is 16.0. The third kappa shape index (κ3) is 5.22. The molecule has 0 spiro atoms. The summed E-state index contributed by atoms with van der Waals surface area (Å²) in [5.74, 6) is -0.169. The van der Waals surface area contributed by atoms with Crippen LogP contribution in [0.3, 0.4) is 0 Å². The minimum Gasteiger partial charge on any atom is -0.495 e. The highest BCUT2D eigenvalue weighted by atomic mass is 79.9. The van der Waals surface area contributed by atoms with Gasteiger partial charge in [-0.3, -0.25) is 14.9 Å². The number of anilines is 2. The van der Waals surface area contributed by atoms with Gasteiger partial charge in [0.15, 0.2) is 5.11 Å². The molecule has 0 aliphatic rings. The molecule has 0 saturated carbocycles. The summed E-state index contributed by atoms with van der Waals surface area (Å²) in [7, 11) is 1.51. The Labute approximate surface area is 208 Å². The molecule has 3 aromatic carbocycles. The number of hydrogen-bond donors (Lipinski definition) is 3. The van der Waals surface area contributed by atoms with Crippen LogP contribution in [0, 0.1) is 0 Å². The average Bonchev–Trinajstić information content (AvgIpc) is 3.34. The van der Waals surface area contributed by atoms with E-state index in [2.05, 4.69) is 31.9 Å². The first kappa shape index (κ1) is 22.9. The number of amides is 2. The van der Waals surface area contributed by atoms with Crippen molar-refractivity contribution in [2.45, 2.75) is 0 Å². The van der Waals surface area contributed by atoms with E-state index in [1.165, 1.54) is 18.4 Å². The molecule has 4 rings (SSSR count). The molecule has 2 amide bonds. The molecule has 1 aromatic heterocycles. The molecule has 0 aliphatic heterocycles. The molecule has 3 N–H and O–H groups in total. The Morgan fingerprint density at radius 1 is 0.939 bits per heavy atom. The summed E-state index contributed by atoms with van der Waals surface area (Å²) in [5.41, 5.74) is 1.58. The maximum absolute atomic E-state index is 13.0. The fourth-order valence-corrected chi connectivity index (χ4v) is 4.83. The zero-order chi connectivity index (χ0) is 23.4. The van der Waals surface area contributed by atoms with E-state index in [0.29, 0.717) is 32.0 Å². The molecular formula is C24H18BrN3O3S2. The van der Waals surface area contributed by atoms with Crippen molar-refractivity contribution in [3.63, 3.8) is 0 Å². The van der Waals surface area contributed by atoms with Gasteiger partial charge in [-0.05, 0) is 74.6 Å². The third-order valence-corrected chi connectivity index (χ3v) is 6.60. The number of fused-ring (bicyclic) bond motifs is 1. The fourth-order valence-electron chi connectivity index (χ4n) is 3.26. The number of methoxy groups -OCH3 is 1. The van der Waals surface area contributed by atoms with Crippen LogP contribution in [0.1, 0.15) is 20.0 Å². The maximum Gasteiger partial charge on any atom is 0.265 e. The van der Waals surface area contributed by atoms with E-state index in [9.17, 15) is 9.59 Å². The van der Waals surface area contributed by atoms with Gasteiger partial charge in [-0.15, -0.1) is 11.3 Å². The van der Waals surface area contributed by atoms with Gasteiger partial charge in [-0.2, -0.15) is 0 Å². The van der Waals surface area contributed by atoms with Crippen molar-refractivity contribution >= 4 is 78.6 Å². The predicted molar refractivity (Wildman–Crippen MR) is 141 cm³/mol. The molecular weight excluding hydrogens is 522 g/mol. The second-order valence-electron chi connectivity index (χ2n) is 6.91. The van der Waals surface area contributed by atoms with Crippen LogP contribution in [0.15, 0.2) is 76.6 Å². The van der Waals surface area contributed by atoms with Crippen molar-refractivity contribution in [3.8, 4) is 5.75 Å². The smallest absolute Gasteiger partial charge is 0.265 e. The Balaban J connectivity index is 1.47. The quantitative estimate of drug-likeness (QED) is 0.269. The van der Waals surface area contributed by atoms with Gasteiger partial charge in [0.1, 0.15) is 5.75 Å². The summed E-state index contributed by atoms with van der Waals surface area (Å²) in [4.78, 5) is 25.9. The summed E-state index contributed by atoms with van der Waals surface area (Å²) in [6.45, 7) is 0. The lowest BCUT2D eigenvalue weighted by atomic mass is 10.1. The van der Waals surface area contributed by atoms with Crippen LogP contribution in [0.25, 0.3) is 10.8 Å². The fraction of sp³-hybridized carbons (Fsp3) is 0.0417. The molecule has 0 radical (unpaired) electrons. The van der Waals surface area contributed by atoms with Crippen LogP contribution in [-0.2, 0) is 0 Å². The summed E-state index contributed by atoms with van der Waals surface area (Å²) >= 11 is 10.2. The van der Waals surface area contributed by atoms with Gasteiger partial charge in [0.2, 0.25) is 0 Å². The maximum atomic E-state index is 13.0. The van der Waals surface area contributed by atoms with Crippen molar-refractivity contribution in [3.05, 3.63) is 87.0 Å². The third-order valence-electron chi connectivity index (χ3n) is 4.74. The molecule has 4 aromatic rings. The van der Waals surface area contributed by atoms with Crippen LogP contribution < -0.4 is 20.7 Å². The van der Waals surface area contributed by atoms with Gasteiger partial charge in [0.05, 0.1) is 22.0 Å². The molecule has 0 unspecified atom stereocenters. The van der Waals surface area contributed by atoms with Gasteiger partial charge in [-0.1, -0.05) is 36.4 Å². The van der Waals surface area contributed by atoms with Gasteiger partial charge >= 0.3 is 0 Å². The van der Waals surface area contributed by atoms with Crippen LogP contribution in [0.4, 0.5) is 11.4 Å². The van der Waals surface area contributed by atoms with Crippen LogP contribution in [-0.4, -0.2) is 24.0 Å². The largest absolute Gasteiger partial charge is 0.495 e. The topological polar surface area (TPSA) is 79.5 Å². The molecule has 1 heterocycles. The van der Waals surface area contributed by atoms with E-state index in [1.807, 2.05) is 35.7 Å². The van der Waals surface area contributed by atoms with Gasteiger partial charge < -0.3 is 15.4 Å². The second-order valence-corrected chi connectivity index (χ2v) is 9.06. The zero-order valence-corrected chi connectivity index (χ0v) is 20.6. The Kier molecular flexibility index (Phi) is 7.02. The number of hydrogen-bond acceptors (Lipinski definition) is 5. The van der Waals surface area contributed by atoms with E-state index in [4.69, 9.17) is 17.0 Å². The molecule has 0 aliphatic carbocycles. The number of thiophene rings is 1. The Morgan fingerprint density at radius 2 is 1.70 bits per heavy atom. The monoisotopic (exact) mass is 539 g/mol. The normalized spacial score (nSPS) is 10.5. The minimum absolute atomic E-state index is 0.119. The van der Waals surface area contributed by atoms with Gasteiger partial charge in [0.25, 0.3) is 11.8 Å². The lowest BCUT2D eigenvalue weighted by Crippen LogP contribution is -2.34. The van der Waals surface area contributed by atoms with Crippen molar-refractivity contribution < 1.29 is 14.3 Å². The first-order valence-corrected chi connectivity index (χ1v) is 11.9. The highest BCUT2D eigenvalue weighted by Crippen LogP contribution is 2.36. The molecule has 166 valence electrons. The number of rotatable bonds is 5. The summed E-state index contributed by atoms with van der Waals surface area (Å²) in [6.07, 6.45) is 0. The standard InChI is InChI=1S/C24H18BrN3O3S2/c1-31-21-18(12-14-6-2-3-9-17(14)20(21)25)22(29)28-24(32)27-16-8-4-7-15(13-16)26-23(30)19-10-5-11-33-19/h2-13H,1H3,(H,26,30)(H2,27,28,29,32). The second kappa shape index (κ2) is 10.1. The Hall–Kier alpha value is -3.27. The molecule has 0 atom stereocenters. The highest BCUT2D eigenvalue weighted by molar-refractivity contribution is 9.10. The number of carbonyl (C=O) groups is 2. The summed E-state index contributed by atoms with van der Waals surface area (Å²) in [6, 6.07) is 20.1. The average molecular weight is 540 g/mol. The van der Waals surface area contributed by atoms with Crippen molar-refractivity contribution in [1.82, 2.24) is 5.32 Å². The summed E-state index contributed by atoms with van der Waals surface area (Å²) < 4.78 is 6.17. The van der Waals surface area contributed by atoms with Crippen molar-refractivity contribution in [2.24, 2.45) is 0 Å². The summed E-state index contributed by atoms with van der Waals surface area (Å²) in [5, 5.41) is 12.3. The van der Waals surface area contributed by atoms with E-state index >= 15 is 0 Å². The molecule has 9 heteroatoms. The number of thiocarbonyl (C=S) groups is 1. The van der Waals surface area contributed by atoms with E-state index in [1.54, 1.807) is 36.4 Å².